The van der Waals surface area contributed by atoms with Crippen molar-refractivity contribution in [3.8, 4) is 5.75 Å². The molecule has 3 heteroatoms. The largest absolute Gasteiger partial charge is 0.487 e. The fraction of sp³-hybridized carbons (Fsp3) is 0.500. The van der Waals surface area contributed by atoms with E-state index in [1.165, 1.54) is 5.56 Å². The molecule has 1 heterocycles. The molecule has 0 aromatic heterocycles. The summed E-state index contributed by atoms with van der Waals surface area (Å²) in [5, 5.41) is 9.86. The molecule has 1 N–H and O–H groups in total. The van der Waals surface area contributed by atoms with Crippen molar-refractivity contribution in [2.24, 2.45) is 0 Å². The molecule has 0 bridgehead atoms. The first-order valence-electron chi connectivity index (χ1n) is 5.44. The Morgan fingerprint density at radius 2 is 2.27 bits per heavy atom. The molecule has 2 rings (SSSR count). The molecule has 0 saturated heterocycles. The third kappa shape index (κ3) is 2.50. The molecular formula is C12H17O2P. The van der Waals surface area contributed by atoms with Gasteiger partial charge in [0.2, 0.25) is 0 Å². The van der Waals surface area contributed by atoms with Gasteiger partial charge in [-0.25, -0.2) is 0 Å². The second kappa shape index (κ2) is 4.96. The molecule has 1 aliphatic rings. The highest BCUT2D eigenvalue weighted by molar-refractivity contribution is 7.16. The lowest BCUT2D eigenvalue weighted by atomic mass is 9.98. The van der Waals surface area contributed by atoms with Crippen LogP contribution in [0.4, 0.5) is 0 Å². The van der Waals surface area contributed by atoms with E-state index in [0.29, 0.717) is 0 Å². The van der Waals surface area contributed by atoms with Gasteiger partial charge >= 0.3 is 0 Å². The molecule has 1 aromatic rings. The maximum atomic E-state index is 9.86. The van der Waals surface area contributed by atoms with Gasteiger partial charge in [-0.1, -0.05) is 18.2 Å². The van der Waals surface area contributed by atoms with E-state index in [9.17, 15) is 5.11 Å². The van der Waals surface area contributed by atoms with Gasteiger partial charge in [0.05, 0.1) is 6.10 Å². The van der Waals surface area contributed by atoms with Crippen LogP contribution in [0.25, 0.3) is 0 Å². The highest BCUT2D eigenvalue weighted by Gasteiger charge is 2.25. The summed E-state index contributed by atoms with van der Waals surface area (Å²) in [4.78, 5) is 0. The third-order valence-electron chi connectivity index (χ3n) is 2.84. The second-order valence-corrected chi connectivity index (χ2v) is 4.52. The number of ether oxygens (including phenoxy) is 1. The summed E-state index contributed by atoms with van der Waals surface area (Å²) in [6, 6.07) is 8.08. The number of benzene rings is 1. The quantitative estimate of drug-likeness (QED) is 0.796. The van der Waals surface area contributed by atoms with Crippen LogP contribution in [0.1, 0.15) is 18.4 Å². The third-order valence-corrected chi connectivity index (χ3v) is 3.17. The molecule has 82 valence electrons. The van der Waals surface area contributed by atoms with Crippen molar-refractivity contribution in [3.63, 3.8) is 0 Å². The normalized spacial score (nSPS) is 21.6. The number of hydrogen-bond donors (Lipinski definition) is 1. The lowest BCUT2D eigenvalue weighted by Gasteiger charge is -2.29. The van der Waals surface area contributed by atoms with Crippen LogP contribution in [0.15, 0.2) is 24.3 Å². The number of hydrogen-bond acceptors (Lipinski definition) is 2. The standard InChI is InChI=1S/C12H17O2P/c13-10(7-8-15)12-6-5-9-3-1-2-4-11(9)14-12/h1-4,10,12-13H,5-8,15H2/t10-,12+/m0/s1. The van der Waals surface area contributed by atoms with Gasteiger partial charge in [-0.05, 0) is 37.1 Å². The summed E-state index contributed by atoms with van der Waals surface area (Å²) in [5.41, 5.74) is 1.26. The Morgan fingerprint density at radius 1 is 1.47 bits per heavy atom. The number of fused-ring (bicyclic) bond motifs is 1. The topological polar surface area (TPSA) is 29.5 Å². The molecule has 15 heavy (non-hydrogen) atoms. The molecule has 3 atom stereocenters. The molecule has 0 amide bonds. The van der Waals surface area contributed by atoms with Gasteiger partial charge in [0.25, 0.3) is 0 Å². The van der Waals surface area contributed by atoms with Gasteiger partial charge in [-0.15, -0.1) is 9.24 Å². The molecule has 2 nitrogen and oxygen atoms in total. The van der Waals surface area contributed by atoms with Crippen molar-refractivity contribution in [1.29, 1.82) is 0 Å². The summed E-state index contributed by atoms with van der Waals surface area (Å²) in [5.74, 6) is 0.941. The van der Waals surface area contributed by atoms with Crippen LogP contribution in [0.5, 0.6) is 5.75 Å². The second-order valence-electron chi connectivity index (χ2n) is 3.95. The van der Waals surface area contributed by atoms with Gasteiger partial charge in [0, 0.05) is 0 Å². The summed E-state index contributed by atoms with van der Waals surface area (Å²) >= 11 is 0. The number of aliphatic hydroxyl groups excluding tert-OH is 1. The van der Waals surface area contributed by atoms with Crippen molar-refractivity contribution in [3.05, 3.63) is 29.8 Å². The predicted molar refractivity (Wildman–Crippen MR) is 64.4 cm³/mol. The van der Waals surface area contributed by atoms with Crippen molar-refractivity contribution in [2.45, 2.75) is 31.5 Å². The Kier molecular flexibility index (Phi) is 3.61. The fourth-order valence-corrected chi connectivity index (χ4v) is 2.31. The van der Waals surface area contributed by atoms with E-state index in [1.54, 1.807) is 0 Å². The fourth-order valence-electron chi connectivity index (χ4n) is 1.97. The zero-order valence-electron chi connectivity index (χ0n) is 8.73. The lowest BCUT2D eigenvalue weighted by Crippen LogP contribution is -2.35. The highest BCUT2D eigenvalue weighted by atomic mass is 31.0. The average molecular weight is 224 g/mol. The Hall–Kier alpha value is -0.590. The SMILES string of the molecule is O[C@@H](CCP)[C@H]1CCc2ccccc2O1. The average Bonchev–Trinajstić information content (AvgIpc) is 2.29. The number of aliphatic hydroxyl groups is 1. The molecule has 0 saturated carbocycles. The van der Waals surface area contributed by atoms with Crippen molar-refractivity contribution in [2.75, 3.05) is 6.16 Å². The van der Waals surface area contributed by atoms with Crippen molar-refractivity contribution >= 4 is 9.24 Å². The summed E-state index contributed by atoms with van der Waals surface area (Å²) in [6.07, 6.45) is 3.27. The van der Waals surface area contributed by atoms with E-state index in [-0.39, 0.29) is 12.2 Å². The molecule has 1 aromatic carbocycles. The summed E-state index contributed by atoms with van der Waals surface area (Å²) < 4.78 is 5.79. The minimum Gasteiger partial charge on any atom is -0.487 e. The van der Waals surface area contributed by atoms with E-state index in [0.717, 1.165) is 31.2 Å². The number of aryl methyl sites for hydroxylation is 1. The van der Waals surface area contributed by atoms with Gasteiger partial charge in [0.15, 0.2) is 0 Å². The van der Waals surface area contributed by atoms with Crippen molar-refractivity contribution in [1.82, 2.24) is 0 Å². The Labute approximate surface area is 92.9 Å². The number of para-hydroxylation sites is 1. The minimum absolute atomic E-state index is 0.0274. The van der Waals surface area contributed by atoms with Crippen LogP contribution < -0.4 is 4.74 Å². The maximum Gasteiger partial charge on any atom is 0.125 e. The Bertz CT molecular complexity index is 327. The van der Waals surface area contributed by atoms with Crippen LogP contribution in [-0.4, -0.2) is 23.5 Å². The van der Waals surface area contributed by atoms with Crippen LogP contribution in [-0.2, 0) is 6.42 Å². The molecule has 1 aliphatic heterocycles. The predicted octanol–water partition coefficient (Wildman–Crippen LogP) is 2.01. The van der Waals surface area contributed by atoms with E-state index in [2.05, 4.69) is 15.3 Å². The highest BCUT2D eigenvalue weighted by Crippen LogP contribution is 2.28. The van der Waals surface area contributed by atoms with Gasteiger partial charge in [-0.3, -0.25) is 0 Å². The molecule has 0 aliphatic carbocycles. The minimum atomic E-state index is -0.337. The Balaban J connectivity index is 2.05. The molecular weight excluding hydrogens is 207 g/mol. The molecule has 1 unspecified atom stereocenters. The van der Waals surface area contributed by atoms with E-state index < -0.39 is 0 Å². The van der Waals surface area contributed by atoms with Gasteiger partial charge in [0.1, 0.15) is 11.9 Å². The Morgan fingerprint density at radius 3 is 3.07 bits per heavy atom. The lowest BCUT2D eigenvalue weighted by molar-refractivity contribution is 0.0227. The first kappa shape index (κ1) is 10.9. The smallest absolute Gasteiger partial charge is 0.125 e. The van der Waals surface area contributed by atoms with Crippen molar-refractivity contribution < 1.29 is 9.84 Å². The van der Waals surface area contributed by atoms with E-state index >= 15 is 0 Å². The van der Waals surface area contributed by atoms with E-state index in [1.807, 2.05) is 18.2 Å². The maximum absolute atomic E-state index is 9.86. The summed E-state index contributed by atoms with van der Waals surface area (Å²) in [6.45, 7) is 0. The summed E-state index contributed by atoms with van der Waals surface area (Å²) in [7, 11) is 2.64. The molecule has 0 fully saturated rings. The zero-order chi connectivity index (χ0) is 10.7. The molecule has 0 spiro atoms. The van der Waals surface area contributed by atoms with Crippen LogP contribution in [0, 0.1) is 0 Å². The van der Waals surface area contributed by atoms with Crippen LogP contribution in [0.3, 0.4) is 0 Å². The monoisotopic (exact) mass is 224 g/mol. The zero-order valence-corrected chi connectivity index (χ0v) is 9.88. The first-order valence-corrected chi connectivity index (χ1v) is 6.25. The number of rotatable bonds is 3. The van der Waals surface area contributed by atoms with Crippen LogP contribution in [0.2, 0.25) is 0 Å². The van der Waals surface area contributed by atoms with Gasteiger partial charge in [-0.2, -0.15) is 0 Å². The van der Waals surface area contributed by atoms with E-state index in [4.69, 9.17) is 4.74 Å². The molecule has 0 radical (unpaired) electrons. The van der Waals surface area contributed by atoms with Gasteiger partial charge < -0.3 is 9.84 Å². The van der Waals surface area contributed by atoms with Crippen LogP contribution >= 0.6 is 9.24 Å². The first-order chi connectivity index (χ1) is 7.31.